The Morgan fingerprint density at radius 2 is 0.870 bits per heavy atom. The molecule has 0 saturated heterocycles. The SMILES string of the molecule is c1ccc(-c2cc(-c3ccc(-c4ccc(-c5nc(-c6ccccn6)nc(-c6ccccn6)n5)c5ccccc45)cc3)c3c(ccc4ccccc43)n2)cc1. The van der Waals surface area contributed by atoms with E-state index in [-0.39, 0.29) is 0 Å². The Kier molecular flexibility index (Phi) is 7.69. The molecule has 0 fully saturated rings. The van der Waals surface area contributed by atoms with Crippen molar-refractivity contribution in [2.75, 3.05) is 0 Å². The highest BCUT2D eigenvalue weighted by Gasteiger charge is 2.18. The van der Waals surface area contributed by atoms with Gasteiger partial charge in [-0.3, -0.25) is 9.97 Å². The van der Waals surface area contributed by atoms with Gasteiger partial charge in [0, 0.05) is 28.9 Å². The van der Waals surface area contributed by atoms with Crippen molar-refractivity contribution in [3.05, 3.63) is 182 Å². The Balaban J connectivity index is 1.10. The molecule has 252 valence electrons. The van der Waals surface area contributed by atoms with E-state index in [2.05, 4.69) is 137 Å². The Morgan fingerprint density at radius 3 is 1.54 bits per heavy atom. The minimum Gasteiger partial charge on any atom is -0.253 e. The molecule has 0 amide bonds. The molecule has 10 aromatic rings. The molecule has 0 atom stereocenters. The molecule has 4 heterocycles. The quantitative estimate of drug-likeness (QED) is 0.162. The monoisotopic (exact) mass is 690 g/mol. The van der Waals surface area contributed by atoms with Crippen LogP contribution in [0, 0.1) is 0 Å². The Morgan fingerprint density at radius 1 is 0.315 bits per heavy atom. The fourth-order valence-electron chi connectivity index (χ4n) is 7.28. The molecule has 0 spiro atoms. The van der Waals surface area contributed by atoms with Gasteiger partial charge in [-0.25, -0.2) is 19.9 Å². The van der Waals surface area contributed by atoms with Crippen LogP contribution < -0.4 is 0 Å². The number of benzene rings is 6. The topological polar surface area (TPSA) is 77.3 Å². The summed E-state index contributed by atoms with van der Waals surface area (Å²) in [6.07, 6.45) is 3.49. The maximum absolute atomic E-state index is 5.14. The molecule has 0 bridgehead atoms. The number of aromatic nitrogens is 6. The van der Waals surface area contributed by atoms with Crippen molar-refractivity contribution >= 4 is 32.4 Å². The maximum Gasteiger partial charge on any atom is 0.182 e. The van der Waals surface area contributed by atoms with Crippen molar-refractivity contribution in [1.82, 2.24) is 29.9 Å². The van der Waals surface area contributed by atoms with Crippen LogP contribution in [0.15, 0.2) is 182 Å². The first-order valence-corrected chi connectivity index (χ1v) is 17.9. The third kappa shape index (κ3) is 5.63. The van der Waals surface area contributed by atoms with Crippen molar-refractivity contribution in [1.29, 1.82) is 0 Å². The highest BCUT2D eigenvalue weighted by atomic mass is 15.1. The van der Waals surface area contributed by atoms with E-state index in [9.17, 15) is 0 Å². The third-order valence-electron chi connectivity index (χ3n) is 9.86. The molecule has 0 aliphatic heterocycles. The molecule has 6 heteroatoms. The average Bonchev–Trinajstić information content (AvgIpc) is 3.26. The lowest BCUT2D eigenvalue weighted by Gasteiger charge is -2.15. The maximum atomic E-state index is 5.14. The van der Waals surface area contributed by atoms with Crippen molar-refractivity contribution < 1.29 is 0 Å². The molecule has 0 unspecified atom stereocenters. The van der Waals surface area contributed by atoms with E-state index < -0.39 is 0 Å². The van der Waals surface area contributed by atoms with E-state index in [1.54, 1.807) is 12.4 Å². The number of pyridine rings is 3. The second kappa shape index (κ2) is 13.3. The Labute approximate surface area is 311 Å². The van der Waals surface area contributed by atoms with Crippen molar-refractivity contribution in [2.45, 2.75) is 0 Å². The third-order valence-corrected chi connectivity index (χ3v) is 9.86. The van der Waals surface area contributed by atoms with Crippen LogP contribution in [0.25, 0.3) is 100 Å². The van der Waals surface area contributed by atoms with Gasteiger partial charge >= 0.3 is 0 Å². The fraction of sp³-hybridized carbons (Fsp3) is 0. The lowest BCUT2D eigenvalue weighted by molar-refractivity contribution is 1.05. The van der Waals surface area contributed by atoms with Crippen LogP contribution in [0.5, 0.6) is 0 Å². The lowest BCUT2D eigenvalue weighted by atomic mass is 9.91. The molecule has 0 aliphatic carbocycles. The van der Waals surface area contributed by atoms with Crippen LogP contribution in [0.4, 0.5) is 0 Å². The summed E-state index contributed by atoms with van der Waals surface area (Å²) in [6, 6.07) is 58.5. The molecule has 0 saturated carbocycles. The smallest absolute Gasteiger partial charge is 0.182 e. The summed E-state index contributed by atoms with van der Waals surface area (Å²) < 4.78 is 0. The molecule has 54 heavy (non-hydrogen) atoms. The predicted octanol–water partition coefficient (Wildman–Crippen LogP) is 11.5. The van der Waals surface area contributed by atoms with Gasteiger partial charge < -0.3 is 0 Å². The normalized spacial score (nSPS) is 11.3. The molecule has 4 aromatic heterocycles. The highest BCUT2D eigenvalue weighted by Crippen LogP contribution is 2.39. The molecular formula is C48H30N6. The Hall–Kier alpha value is -7.44. The van der Waals surface area contributed by atoms with Crippen LogP contribution >= 0.6 is 0 Å². The van der Waals surface area contributed by atoms with Crippen molar-refractivity contribution in [3.63, 3.8) is 0 Å². The van der Waals surface area contributed by atoms with Crippen LogP contribution in [-0.4, -0.2) is 29.9 Å². The zero-order valence-electron chi connectivity index (χ0n) is 29.0. The number of rotatable bonds is 6. The van der Waals surface area contributed by atoms with Gasteiger partial charge in [-0.1, -0.05) is 127 Å². The summed E-state index contributed by atoms with van der Waals surface area (Å²) in [7, 11) is 0. The second-order valence-corrected chi connectivity index (χ2v) is 13.1. The zero-order chi connectivity index (χ0) is 35.8. The molecule has 0 radical (unpaired) electrons. The van der Waals surface area contributed by atoms with Gasteiger partial charge in [0.15, 0.2) is 17.5 Å². The largest absolute Gasteiger partial charge is 0.253 e. The second-order valence-electron chi connectivity index (χ2n) is 13.1. The van der Waals surface area contributed by atoms with Gasteiger partial charge in [0.25, 0.3) is 0 Å². The van der Waals surface area contributed by atoms with Crippen molar-refractivity contribution in [2.24, 2.45) is 0 Å². The van der Waals surface area contributed by atoms with E-state index >= 15 is 0 Å². The molecule has 6 nitrogen and oxygen atoms in total. The van der Waals surface area contributed by atoms with E-state index in [0.717, 1.165) is 60.8 Å². The van der Waals surface area contributed by atoms with Gasteiger partial charge in [0.1, 0.15) is 11.4 Å². The van der Waals surface area contributed by atoms with Crippen LogP contribution in [0.2, 0.25) is 0 Å². The van der Waals surface area contributed by atoms with Gasteiger partial charge in [-0.2, -0.15) is 0 Å². The number of nitrogens with zero attached hydrogens (tertiary/aromatic N) is 6. The first-order chi connectivity index (χ1) is 26.8. The number of hydrogen-bond acceptors (Lipinski definition) is 6. The number of fused-ring (bicyclic) bond motifs is 4. The van der Waals surface area contributed by atoms with Crippen molar-refractivity contribution in [3.8, 4) is 67.9 Å². The number of hydrogen-bond donors (Lipinski definition) is 0. The molecule has 10 rings (SSSR count). The summed E-state index contributed by atoms with van der Waals surface area (Å²) >= 11 is 0. The molecule has 0 aliphatic rings. The van der Waals surface area contributed by atoms with E-state index in [4.69, 9.17) is 19.9 Å². The average molecular weight is 691 g/mol. The zero-order valence-corrected chi connectivity index (χ0v) is 29.0. The van der Waals surface area contributed by atoms with E-state index in [1.165, 1.54) is 10.8 Å². The summed E-state index contributed by atoms with van der Waals surface area (Å²) in [5.41, 5.74) is 9.81. The summed E-state index contributed by atoms with van der Waals surface area (Å²) in [4.78, 5) is 28.9. The van der Waals surface area contributed by atoms with E-state index in [0.29, 0.717) is 28.9 Å². The van der Waals surface area contributed by atoms with Gasteiger partial charge in [-0.05, 0) is 86.3 Å². The van der Waals surface area contributed by atoms with E-state index in [1.807, 2.05) is 42.5 Å². The van der Waals surface area contributed by atoms with Crippen LogP contribution in [0.3, 0.4) is 0 Å². The minimum atomic E-state index is 0.497. The van der Waals surface area contributed by atoms with Gasteiger partial charge in [-0.15, -0.1) is 0 Å². The highest BCUT2D eigenvalue weighted by molar-refractivity contribution is 6.14. The standard InChI is InChI=1S/C48H30N6/c1-2-13-34(14-3-1)44-30-40(45-36-15-5-4-12-31(36)24-27-41(45)51-44)33-22-20-32(21-23-33)35-25-26-39(38-17-7-6-16-37(35)38)46-52-47(42-18-8-10-28-49-42)54-48(53-46)43-19-9-11-29-50-43/h1-30H. The fourth-order valence-corrected chi connectivity index (χ4v) is 7.28. The minimum absolute atomic E-state index is 0.497. The summed E-state index contributed by atoms with van der Waals surface area (Å²) in [5.74, 6) is 1.56. The van der Waals surface area contributed by atoms with Crippen LogP contribution in [0.1, 0.15) is 0 Å². The first kappa shape index (κ1) is 31.3. The summed E-state index contributed by atoms with van der Waals surface area (Å²) in [6.45, 7) is 0. The molecule has 0 N–H and O–H groups in total. The lowest BCUT2D eigenvalue weighted by Crippen LogP contribution is -2.02. The van der Waals surface area contributed by atoms with Crippen LogP contribution in [-0.2, 0) is 0 Å². The first-order valence-electron chi connectivity index (χ1n) is 17.9. The predicted molar refractivity (Wildman–Crippen MR) is 218 cm³/mol. The summed E-state index contributed by atoms with van der Waals surface area (Å²) in [5, 5.41) is 5.69. The molecular weight excluding hydrogens is 661 g/mol. The van der Waals surface area contributed by atoms with Gasteiger partial charge in [0.05, 0.1) is 11.2 Å². The van der Waals surface area contributed by atoms with Gasteiger partial charge in [0.2, 0.25) is 0 Å². The molecule has 6 aromatic carbocycles. The Bertz CT molecular complexity index is 2910.